The number of hydrogen-bond acceptors (Lipinski definition) is 1. The zero-order valence-electron chi connectivity index (χ0n) is 26.2. The molecule has 0 saturated carbocycles. The Morgan fingerprint density at radius 3 is 2.19 bits per heavy atom. The van der Waals surface area contributed by atoms with Crippen LogP contribution in [0.2, 0.25) is 0 Å². The van der Waals surface area contributed by atoms with Gasteiger partial charge in [0.2, 0.25) is 0 Å². The first kappa shape index (κ1) is 26.8. The van der Waals surface area contributed by atoms with Crippen molar-refractivity contribution in [3.05, 3.63) is 179 Å². The Hall–Kier alpha value is -5.40. The fraction of sp³-hybridized carbons (Fsp3) is 0.130. The van der Waals surface area contributed by atoms with Crippen molar-refractivity contribution < 1.29 is 4.74 Å². The van der Waals surface area contributed by atoms with Crippen LogP contribution in [-0.2, 0) is 6.42 Å². The van der Waals surface area contributed by atoms with E-state index in [9.17, 15) is 0 Å². The molecule has 47 heavy (non-hydrogen) atoms. The van der Waals surface area contributed by atoms with Gasteiger partial charge in [-0.05, 0) is 109 Å². The number of rotatable bonds is 3. The molecule has 1 heteroatoms. The molecule has 224 valence electrons. The average Bonchev–Trinajstić information content (AvgIpc) is 3.52. The molecular formula is C46H34O. The summed E-state index contributed by atoms with van der Waals surface area (Å²) in [6, 6.07) is 37.8. The van der Waals surface area contributed by atoms with Crippen molar-refractivity contribution in [3.63, 3.8) is 0 Å². The standard InChI is InChI=1S/C46H34O/c1-3-16-34-29(11-1)13-10-22-35(34)31-14-9-15-32(27-31)44-37-18-5-7-20-39(37)45(40-21-8-6-19-38(40)44)33-24-25-42-41(28-33)46-36-17-4-2-12-30(36)23-26-43(46)47-42/h1-5,7-18,20-26,31,41H,6,19,27-28H2. The maximum Gasteiger partial charge on any atom is 0.131 e. The molecule has 1 aliphatic heterocycles. The van der Waals surface area contributed by atoms with E-state index in [-0.39, 0.29) is 5.92 Å². The van der Waals surface area contributed by atoms with E-state index in [0.29, 0.717) is 5.92 Å². The van der Waals surface area contributed by atoms with Gasteiger partial charge in [0.1, 0.15) is 11.5 Å². The highest BCUT2D eigenvalue weighted by atomic mass is 16.5. The third-order valence-corrected chi connectivity index (χ3v) is 10.9. The normalized spacial score (nSPS) is 19.5. The highest BCUT2D eigenvalue weighted by Crippen LogP contribution is 2.52. The lowest BCUT2D eigenvalue weighted by molar-refractivity contribution is 0.426. The summed E-state index contributed by atoms with van der Waals surface area (Å²) in [7, 11) is 0. The molecule has 0 saturated heterocycles. The van der Waals surface area contributed by atoms with Gasteiger partial charge in [-0.3, -0.25) is 0 Å². The molecule has 6 aromatic rings. The van der Waals surface area contributed by atoms with Crippen molar-refractivity contribution in [3.8, 4) is 5.75 Å². The minimum atomic E-state index is 0.227. The van der Waals surface area contributed by atoms with Crippen LogP contribution < -0.4 is 4.74 Å². The van der Waals surface area contributed by atoms with E-state index in [1.807, 2.05) is 0 Å². The smallest absolute Gasteiger partial charge is 0.131 e. The summed E-state index contributed by atoms with van der Waals surface area (Å²) >= 11 is 0. The van der Waals surface area contributed by atoms with Gasteiger partial charge in [-0.25, -0.2) is 0 Å². The molecule has 0 radical (unpaired) electrons. The number of ether oxygens (including phenoxy) is 1. The fourth-order valence-electron chi connectivity index (χ4n) is 8.82. The Morgan fingerprint density at radius 1 is 0.596 bits per heavy atom. The fourth-order valence-corrected chi connectivity index (χ4v) is 8.82. The zero-order chi connectivity index (χ0) is 30.9. The molecule has 0 amide bonds. The molecule has 0 spiro atoms. The maximum absolute atomic E-state index is 6.46. The number of hydrogen-bond donors (Lipinski definition) is 0. The van der Waals surface area contributed by atoms with E-state index in [1.54, 1.807) is 0 Å². The van der Waals surface area contributed by atoms with Gasteiger partial charge < -0.3 is 4.74 Å². The van der Waals surface area contributed by atoms with Gasteiger partial charge in [-0.2, -0.15) is 0 Å². The van der Waals surface area contributed by atoms with Gasteiger partial charge >= 0.3 is 0 Å². The number of allylic oxidation sites excluding steroid dienone is 9. The molecule has 4 aliphatic rings. The van der Waals surface area contributed by atoms with Crippen molar-refractivity contribution in [2.75, 3.05) is 0 Å². The van der Waals surface area contributed by atoms with E-state index in [0.717, 1.165) is 37.2 Å². The third-order valence-electron chi connectivity index (χ3n) is 10.9. The van der Waals surface area contributed by atoms with Gasteiger partial charge in [0, 0.05) is 11.5 Å². The largest absolute Gasteiger partial charge is 0.461 e. The van der Waals surface area contributed by atoms with Crippen LogP contribution in [0.25, 0.3) is 49.5 Å². The van der Waals surface area contributed by atoms with Gasteiger partial charge in [0.15, 0.2) is 0 Å². The van der Waals surface area contributed by atoms with Crippen molar-refractivity contribution in [2.24, 2.45) is 0 Å². The molecule has 1 nitrogen and oxygen atoms in total. The summed E-state index contributed by atoms with van der Waals surface area (Å²) in [5.74, 6) is 2.65. The predicted molar refractivity (Wildman–Crippen MR) is 198 cm³/mol. The summed E-state index contributed by atoms with van der Waals surface area (Å²) < 4.78 is 6.46. The lowest BCUT2D eigenvalue weighted by atomic mass is 9.74. The third kappa shape index (κ3) is 4.16. The molecule has 0 bridgehead atoms. The predicted octanol–water partition coefficient (Wildman–Crippen LogP) is 12.1. The highest BCUT2D eigenvalue weighted by Gasteiger charge is 2.35. The van der Waals surface area contributed by atoms with E-state index in [4.69, 9.17) is 4.74 Å². The molecule has 2 unspecified atom stereocenters. The van der Waals surface area contributed by atoms with Crippen molar-refractivity contribution in [1.82, 2.24) is 0 Å². The maximum atomic E-state index is 6.46. The minimum absolute atomic E-state index is 0.227. The van der Waals surface area contributed by atoms with Crippen LogP contribution in [0.5, 0.6) is 5.75 Å². The average molecular weight is 603 g/mol. The van der Waals surface area contributed by atoms with Crippen LogP contribution in [0.3, 0.4) is 0 Å². The van der Waals surface area contributed by atoms with E-state index < -0.39 is 0 Å². The molecule has 0 fully saturated rings. The molecule has 6 aromatic carbocycles. The van der Waals surface area contributed by atoms with Crippen LogP contribution in [-0.4, -0.2) is 0 Å². The second kappa shape index (κ2) is 10.6. The van der Waals surface area contributed by atoms with Crippen molar-refractivity contribution in [2.45, 2.75) is 37.5 Å². The van der Waals surface area contributed by atoms with Gasteiger partial charge in [-0.1, -0.05) is 134 Å². The summed E-state index contributed by atoms with van der Waals surface area (Å²) in [6.07, 6.45) is 20.5. The second-order valence-corrected chi connectivity index (χ2v) is 13.4. The molecule has 0 N–H and O–H groups in total. The SMILES string of the molecule is C1=CC(c2cccc3ccccc23)CC(c2c3c(c(C4=CC=C5Oc6ccc7ccccc7c6C5C4)c4ccccc24)C=CCC3)=C1. The lowest BCUT2D eigenvalue weighted by Crippen LogP contribution is -2.11. The zero-order valence-corrected chi connectivity index (χ0v) is 26.2. The Bertz CT molecular complexity index is 2440. The first-order chi connectivity index (χ1) is 23.3. The summed E-state index contributed by atoms with van der Waals surface area (Å²) in [5.41, 5.74) is 11.4. The van der Waals surface area contributed by atoms with Crippen LogP contribution in [0, 0.1) is 0 Å². The molecule has 1 heterocycles. The molecular weight excluding hydrogens is 569 g/mol. The Balaban J connectivity index is 1.11. The minimum Gasteiger partial charge on any atom is -0.461 e. The topological polar surface area (TPSA) is 9.23 Å². The monoisotopic (exact) mass is 602 g/mol. The molecule has 2 atom stereocenters. The Labute approximate surface area is 275 Å². The molecule has 0 aromatic heterocycles. The van der Waals surface area contributed by atoms with Crippen LogP contribution in [0.1, 0.15) is 64.5 Å². The Kier molecular flexibility index (Phi) is 6.02. The van der Waals surface area contributed by atoms with Gasteiger partial charge in [0.25, 0.3) is 0 Å². The summed E-state index contributed by atoms with van der Waals surface area (Å²) in [5, 5.41) is 7.98. The second-order valence-electron chi connectivity index (χ2n) is 13.4. The summed E-state index contributed by atoms with van der Waals surface area (Å²) in [4.78, 5) is 0. The lowest BCUT2D eigenvalue weighted by Gasteiger charge is -2.29. The first-order valence-corrected chi connectivity index (χ1v) is 17.0. The Morgan fingerprint density at radius 2 is 1.32 bits per heavy atom. The van der Waals surface area contributed by atoms with Gasteiger partial charge in [-0.15, -0.1) is 0 Å². The molecule has 3 aliphatic carbocycles. The molecule has 10 rings (SSSR count). The van der Waals surface area contributed by atoms with Crippen LogP contribution >= 0.6 is 0 Å². The number of benzene rings is 6. The first-order valence-electron chi connectivity index (χ1n) is 17.0. The number of fused-ring (bicyclic) bond motifs is 8. The van der Waals surface area contributed by atoms with E-state index in [2.05, 4.69) is 146 Å². The van der Waals surface area contributed by atoms with E-state index >= 15 is 0 Å². The van der Waals surface area contributed by atoms with Gasteiger partial charge in [0.05, 0.1) is 5.92 Å². The quantitative estimate of drug-likeness (QED) is 0.196. The van der Waals surface area contributed by atoms with Crippen molar-refractivity contribution >= 4 is 49.5 Å². The summed E-state index contributed by atoms with van der Waals surface area (Å²) in [6.45, 7) is 0. The van der Waals surface area contributed by atoms with Crippen LogP contribution in [0.4, 0.5) is 0 Å². The van der Waals surface area contributed by atoms with Crippen molar-refractivity contribution in [1.29, 1.82) is 0 Å². The van der Waals surface area contributed by atoms with Crippen LogP contribution in [0.15, 0.2) is 145 Å². The highest BCUT2D eigenvalue weighted by molar-refractivity contribution is 6.06. The van der Waals surface area contributed by atoms with E-state index in [1.165, 1.54) is 76.8 Å².